The number of nitrogens with one attached hydrogen (secondary N) is 1. The van der Waals surface area contributed by atoms with Gasteiger partial charge in [0.2, 0.25) is 0 Å². The zero-order valence-electron chi connectivity index (χ0n) is 12.0. The fourth-order valence-electron chi connectivity index (χ4n) is 2.26. The summed E-state index contributed by atoms with van der Waals surface area (Å²) in [6, 6.07) is 8.24. The van der Waals surface area contributed by atoms with Crippen LogP contribution in [0.3, 0.4) is 0 Å². The Hall–Kier alpha value is -0.820. The fraction of sp³-hybridized carbons (Fsp3) is 0.533. The molecule has 0 radical (unpaired) electrons. The molecule has 0 amide bonds. The van der Waals surface area contributed by atoms with E-state index in [1.807, 2.05) is 12.1 Å². The lowest BCUT2D eigenvalue weighted by molar-refractivity contribution is 0.106. The van der Waals surface area contributed by atoms with E-state index in [2.05, 4.69) is 29.4 Å². The summed E-state index contributed by atoms with van der Waals surface area (Å²) in [6.45, 7) is 3.75. The first kappa shape index (κ1) is 17.2. The molecule has 2 rings (SSSR count). The third kappa shape index (κ3) is 5.66. The highest BCUT2D eigenvalue weighted by Gasteiger charge is 2.14. The van der Waals surface area contributed by atoms with Crippen molar-refractivity contribution in [2.24, 2.45) is 10.7 Å². The molecular weight excluding hydrogens is 365 g/mol. The topological polar surface area (TPSA) is 59.6 Å². The Kier molecular flexibility index (Phi) is 7.91. The summed E-state index contributed by atoms with van der Waals surface area (Å²) >= 11 is 0. The van der Waals surface area contributed by atoms with Gasteiger partial charge in [0.05, 0.1) is 6.10 Å². The van der Waals surface area contributed by atoms with Gasteiger partial charge in [0.25, 0.3) is 0 Å². The Balaban J connectivity index is 0.00000200. The predicted molar refractivity (Wildman–Crippen MR) is 94.9 cm³/mol. The molecule has 112 valence electrons. The lowest BCUT2D eigenvalue weighted by atomic mass is 10.1. The number of guanidine groups is 1. The Bertz CT molecular complexity index is 431. The molecule has 0 aliphatic carbocycles. The molecule has 0 aromatic heterocycles. The number of nitrogens with zero attached hydrogens (tertiary/aromatic N) is 1. The lowest BCUT2D eigenvalue weighted by Crippen LogP contribution is -2.23. The van der Waals surface area contributed by atoms with Crippen molar-refractivity contribution >= 4 is 35.6 Å². The summed E-state index contributed by atoms with van der Waals surface area (Å²) in [5, 5.41) is 3.13. The van der Waals surface area contributed by atoms with Crippen LogP contribution in [-0.4, -0.2) is 25.2 Å². The number of benzene rings is 1. The Morgan fingerprint density at radius 3 is 3.05 bits per heavy atom. The second-order valence-electron chi connectivity index (χ2n) is 4.87. The number of aliphatic imine (C=N–C) groups is 1. The monoisotopic (exact) mass is 389 g/mol. The predicted octanol–water partition coefficient (Wildman–Crippen LogP) is 3.16. The van der Waals surface area contributed by atoms with E-state index < -0.39 is 0 Å². The smallest absolute Gasteiger partial charge is 0.193 e. The van der Waals surface area contributed by atoms with Crippen molar-refractivity contribution < 1.29 is 4.74 Å². The van der Waals surface area contributed by atoms with Crippen LogP contribution < -0.4 is 11.1 Å². The van der Waals surface area contributed by atoms with Crippen LogP contribution in [0.4, 0.5) is 5.69 Å². The van der Waals surface area contributed by atoms with Gasteiger partial charge >= 0.3 is 0 Å². The highest BCUT2D eigenvalue weighted by atomic mass is 127. The fourth-order valence-corrected chi connectivity index (χ4v) is 2.26. The van der Waals surface area contributed by atoms with Crippen LogP contribution in [0.5, 0.6) is 0 Å². The third-order valence-corrected chi connectivity index (χ3v) is 3.36. The van der Waals surface area contributed by atoms with Crippen LogP contribution in [0.25, 0.3) is 0 Å². The molecule has 0 saturated carbocycles. The first-order valence-corrected chi connectivity index (χ1v) is 7.05. The van der Waals surface area contributed by atoms with Gasteiger partial charge in [-0.1, -0.05) is 19.1 Å². The number of aryl methyl sites for hydroxylation is 1. The molecule has 20 heavy (non-hydrogen) atoms. The third-order valence-electron chi connectivity index (χ3n) is 3.36. The van der Waals surface area contributed by atoms with Gasteiger partial charge in [-0.2, -0.15) is 0 Å². The van der Waals surface area contributed by atoms with E-state index in [0.29, 0.717) is 12.1 Å². The maximum Gasteiger partial charge on any atom is 0.193 e. The molecule has 4 nitrogen and oxygen atoms in total. The van der Waals surface area contributed by atoms with Crippen LogP contribution in [0.1, 0.15) is 31.7 Å². The summed E-state index contributed by atoms with van der Waals surface area (Å²) in [4.78, 5) is 4.34. The molecule has 1 fully saturated rings. The molecule has 3 N–H and O–H groups in total. The van der Waals surface area contributed by atoms with E-state index in [4.69, 9.17) is 10.5 Å². The summed E-state index contributed by atoms with van der Waals surface area (Å²) in [5.74, 6) is 0.478. The number of nitrogens with two attached hydrogens (primary N) is 1. The number of anilines is 1. The maximum absolute atomic E-state index is 5.88. The molecule has 5 heteroatoms. The van der Waals surface area contributed by atoms with Gasteiger partial charge in [-0.25, -0.2) is 0 Å². The highest BCUT2D eigenvalue weighted by Crippen LogP contribution is 2.15. The minimum Gasteiger partial charge on any atom is -0.378 e. The zero-order valence-corrected chi connectivity index (χ0v) is 14.3. The maximum atomic E-state index is 5.88. The molecule has 1 aliphatic heterocycles. The molecule has 1 saturated heterocycles. The van der Waals surface area contributed by atoms with Gasteiger partial charge in [0.15, 0.2) is 5.96 Å². The number of ether oxygens (including phenoxy) is 1. The minimum atomic E-state index is 0. The van der Waals surface area contributed by atoms with E-state index >= 15 is 0 Å². The largest absolute Gasteiger partial charge is 0.378 e. The SMILES string of the molecule is CCc1cccc(NC(N)=NCCC2CCCO2)c1.I. The van der Waals surface area contributed by atoms with Crippen molar-refractivity contribution in [1.29, 1.82) is 0 Å². The number of halogens is 1. The Morgan fingerprint density at radius 2 is 2.35 bits per heavy atom. The average molecular weight is 389 g/mol. The second-order valence-corrected chi connectivity index (χ2v) is 4.87. The summed E-state index contributed by atoms with van der Waals surface area (Å²) in [5.41, 5.74) is 8.17. The number of hydrogen-bond donors (Lipinski definition) is 2. The van der Waals surface area contributed by atoms with Gasteiger partial charge in [-0.15, -0.1) is 24.0 Å². The van der Waals surface area contributed by atoms with E-state index in [0.717, 1.165) is 38.1 Å². The van der Waals surface area contributed by atoms with Gasteiger partial charge < -0.3 is 15.8 Å². The van der Waals surface area contributed by atoms with Gasteiger partial charge in [0, 0.05) is 18.8 Å². The quantitative estimate of drug-likeness (QED) is 0.462. The van der Waals surface area contributed by atoms with Crippen molar-refractivity contribution in [3.8, 4) is 0 Å². The molecule has 1 aliphatic rings. The van der Waals surface area contributed by atoms with Crippen molar-refractivity contribution in [2.45, 2.75) is 38.7 Å². The van der Waals surface area contributed by atoms with Crippen LogP contribution in [-0.2, 0) is 11.2 Å². The Morgan fingerprint density at radius 1 is 1.50 bits per heavy atom. The van der Waals surface area contributed by atoms with Crippen LogP contribution in [0.15, 0.2) is 29.3 Å². The molecule has 0 bridgehead atoms. The van der Waals surface area contributed by atoms with Crippen molar-refractivity contribution in [3.05, 3.63) is 29.8 Å². The normalized spacial score (nSPS) is 18.6. The van der Waals surface area contributed by atoms with E-state index in [1.54, 1.807) is 0 Å². The first-order valence-electron chi connectivity index (χ1n) is 7.05. The van der Waals surface area contributed by atoms with Crippen molar-refractivity contribution in [1.82, 2.24) is 0 Å². The molecule has 1 aromatic carbocycles. The molecular formula is C15H24IN3O. The summed E-state index contributed by atoms with van der Waals surface area (Å²) < 4.78 is 5.55. The summed E-state index contributed by atoms with van der Waals surface area (Å²) in [6.07, 6.45) is 4.68. The molecule has 1 aromatic rings. The number of hydrogen-bond acceptors (Lipinski definition) is 2. The first-order chi connectivity index (χ1) is 9.28. The second kappa shape index (κ2) is 9.18. The Labute approximate surface area is 138 Å². The number of rotatable bonds is 5. The van der Waals surface area contributed by atoms with Gasteiger partial charge in [-0.3, -0.25) is 4.99 Å². The van der Waals surface area contributed by atoms with Gasteiger partial charge in [-0.05, 0) is 43.4 Å². The lowest BCUT2D eigenvalue weighted by Gasteiger charge is -2.09. The molecule has 1 unspecified atom stereocenters. The average Bonchev–Trinajstić information content (AvgIpc) is 2.92. The van der Waals surface area contributed by atoms with Crippen molar-refractivity contribution in [2.75, 3.05) is 18.5 Å². The summed E-state index contributed by atoms with van der Waals surface area (Å²) in [7, 11) is 0. The highest BCUT2D eigenvalue weighted by molar-refractivity contribution is 14.0. The minimum absolute atomic E-state index is 0. The van der Waals surface area contributed by atoms with Crippen LogP contribution in [0, 0.1) is 0 Å². The zero-order chi connectivity index (χ0) is 13.5. The van der Waals surface area contributed by atoms with E-state index in [1.165, 1.54) is 12.0 Å². The van der Waals surface area contributed by atoms with Gasteiger partial charge in [0.1, 0.15) is 0 Å². The standard InChI is InChI=1S/C15H23N3O.HI/c1-2-12-5-3-6-13(11-12)18-15(16)17-9-8-14-7-4-10-19-14;/h3,5-6,11,14H,2,4,7-10H2,1H3,(H3,16,17,18);1H. The van der Waals surface area contributed by atoms with Crippen LogP contribution >= 0.6 is 24.0 Å². The molecule has 1 atom stereocenters. The van der Waals surface area contributed by atoms with E-state index in [9.17, 15) is 0 Å². The van der Waals surface area contributed by atoms with E-state index in [-0.39, 0.29) is 24.0 Å². The molecule has 1 heterocycles. The molecule has 0 spiro atoms. The van der Waals surface area contributed by atoms with Crippen molar-refractivity contribution in [3.63, 3.8) is 0 Å². The van der Waals surface area contributed by atoms with Crippen LogP contribution in [0.2, 0.25) is 0 Å².